The Bertz CT molecular complexity index is 143. The molecular formula is C2HF3INOS. The second-order valence-electron chi connectivity index (χ2n) is 0.932. The van der Waals surface area contributed by atoms with Crippen LogP contribution in [0.15, 0.2) is 2.55 Å². The van der Waals surface area contributed by atoms with Crippen molar-refractivity contribution in [1.29, 1.82) is 0 Å². The van der Waals surface area contributed by atoms with E-state index in [2.05, 4.69) is 15.4 Å². The number of hydrogen-bond acceptors (Lipinski definition) is 3. The number of nitrogens with zero attached hydrogens (tertiary/aromatic N) is 1. The molecule has 0 aliphatic rings. The van der Waals surface area contributed by atoms with E-state index in [0.717, 1.165) is 0 Å². The van der Waals surface area contributed by atoms with E-state index in [1.165, 1.54) is 0 Å². The molecule has 0 aromatic carbocycles. The van der Waals surface area contributed by atoms with Gasteiger partial charge in [0.2, 0.25) is 0 Å². The van der Waals surface area contributed by atoms with Gasteiger partial charge in [0.1, 0.15) is 0 Å². The van der Waals surface area contributed by atoms with Crippen molar-refractivity contribution in [1.82, 2.24) is 0 Å². The third-order valence-corrected chi connectivity index (χ3v) is 2.11. The van der Waals surface area contributed by atoms with Crippen molar-refractivity contribution in [3.8, 4) is 0 Å². The summed E-state index contributed by atoms with van der Waals surface area (Å²) in [4.78, 5) is 9.85. The Labute approximate surface area is 64.5 Å². The average Bonchev–Trinajstić information content (AvgIpc) is 1.64. The molecule has 0 radical (unpaired) electrons. The smallest absolute Gasteiger partial charge is 0.276 e. The maximum Gasteiger partial charge on any atom is 0.461 e. The van der Waals surface area contributed by atoms with Crippen molar-refractivity contribution in [2.75, 3.05) is 0 Å². The Morgan fingerprint density at radius 3 is 2.11 bits per heavy atom. The number of carbonyl (C=O) groups is 1. The summed E-state index contributed by atoms with van der Waals surface area (Å²) in [6.45, 7) is 0. The SMILES string of the molecule is O=C(I=NS)C(F)(F)F. The van der Waals surface area contributed by atoms with Crippen LogP contribution in [0.2, 0.25) is 0 Å². The van der Waals surface area contributed by atoms with Gasteiger partial charge in [0.15, 0.2) is 0 Å². The summed E-state index contributed by atoms with van der Waals surface area (Å²) >= 11 is 1.35. The first-order valence-corrected chi connectivity index (χ1v) is 4.02. The van der Waals surface area contributed by atoms with E-state index in [0.29, 0.717) is 0 Å². The summed E-state index contributed by atoms with van der Waals surface area (Å²) in [5.41, 5.74) is 0. The molecule has 0 unspecified atom stereocenters. The van der Waals surface area contributed by atoms with E-state index in [9.17, 15) is 18.0 Å². The Morgan fingerprint density at radius 2 is 2.00 bits per heavy atom. The van der Waals surface area contributed by atoms with Gasteiger partial charge < -0.3 is 0 Å². The third-order valence-electron chi connectivity index (χ3n) is 0.337. The first-order chi connectivity index (χ1) is 3.98. The highest BCUT2D eigenvalue weighted by atomic mass is 127. The lowest BCUT2D eigenvalue weighted by Gasteiger charge is -1.95. The van der Waals surface area contributed by atoms with Crippen LogP contribution in [0, 0.1) is 0 Å². The fourth-order valence-electron chi connectivity index (χ4n) is 0.0822. The molecule has 7 heteroatoms. The lowest BCUT2D eigenvalue weighted by atomic mass is 10.8. The van der Waals surface area contributed by atoms with Crippen molar-refractivity contribution in [2.45, 2.75) is 6.18 Å². The second-order valence-corrected chi connectivity index (χ2v) is 3.84. The van der Waals surface area contributed by atoms with Gasteiger partial charge >= 0.3 is 9.97 Å². The lowest BCUT2D eigenvalue weighted by molar-refractivity contribution is -0.158. The minimum atomic E-state index is -4.72. The Hall–Kier alpha value is 0.340. The van der Waals surface area contributed by atoms with Crippen LogP contribution in [0.5, 0.6) is 0 Å². The van der Waals surface area contributed by atoms with E-state index in [4.69, 9.17) is 0 Å². The molecule has 0 aliphatic carbocycles. The molecule has 0 N–H and O–H groups in total. The quantitative estimate of drug-likeness (QED) is 0.441. The van der Waals surface area contributed by atoms with E-state index < -0.39 is 31.0 Å². The summed E-state index contributed by atoms with van der Waals surface area (Å²) in [5, 5.41) is 0. The second kappa shape index (κ2) is 3.49. The topological polar surface area (TPSA) is 29.4 Å². The number of carbonyl (C=O) groups excluding carboxylic acids is 1. The molecule has 0 spiro atoms. The van der Waals surface area contributed by atoms with Crippen LogP contribution in [0.25, 0.3) is 0 Å². The highest BCUT2D eigenvalue weighted by Gasteiger charge is 2.37. The molecule has 0 saturated carbocycles. The highest BCUT2D eigenvalue weighted by Crippen LogP contribution is 2.23. The van der Waals surface area contributed by atoms with Crippen LogP contribution < -0.4 is 0 Å². The zero-order valence-corrected chi connectivity index (χ0v) is 6.87. The standard InChI is InChI=1S/C2HF3INOS/c3-2(4,5)1(8)6-7-9/h9H. The molecule has 0 bridgehead atoms. The summed E-state index contributed by atoms with van der Waals surface area (Å²) < 4.78 is 34.7. The van der Waals surface area contributed by atoms with E-state index in [1.54, 1.807) is 0 Å². The van der Waals surface area contributed by atoms with Crippen molar-refractivity contribution in [2.24, 2.45) is 2.55 Å². The molecule has 9 heavy (non-hydrogen) atoms. The van der Waals surface area contributed by atoms with Crippen molar-refractivity contribution in [3.63, 3.8) is 0 Å². The predicted octanol–water partition coefficient (Wildman–Crippen LogP) is 2.07. The predicted molar refractivity (Wildman–Crippen MR) is 36.5 cm³/mol. The fraction of sp³-hybridized carbons (Fsp3) is 0.500. The van der Waals surface area contributed by atoms with E-state index in [1.807, 2.05) is 0 Å². The van der Waals surface area contributed by atoms with Gasteiger partial charge in [-0.05, 0) is 12.8 Å². The molecular weight excluding hydrogens is 270 g/mol. The molecule has 0 heterocycles. The Balaban J connectivity index is 4.06. The van der Waals surface area contributed by atoms with Gasteiger partial charge in [0.25, 0.3) is 0 Å². The van der Waals surface area contributed by atoms with E-state index >= 15 is 0 Å². The van der Waals surface area contributed by atoms with Crippen LogP contribution in [-0.4, -0.2) is 9.97 Å². The summed E-state index contributed by atoms with van der Waals surface area (Å²) in [5.74, 6) is 0. The van der Waals surface area contributed by atoms with Gasteiger partial charge in [-0.3, -0.25) is 4.79 Å². The zero-order chi connectivity index (χ0) is 7.49. The molecule has 0 saturated heterocycles. The van der Waals surface area contributed by atoms with Crippen LogP contribution in [0.4, 0.5) is 13.2 Å². The first-order valence-electron chi connectivity index (χ1n) is 1.58. The highest BCUT2D eigenvalue weighted by molar-refractivity contribution is 14.2. The number of rotatable bonds is 1. The molecule has 54 valence electrons. The number of hydrogen-bond donors (Lipinski definition) is 1. The lowest BCUT2D eigenvalue weighted by Crippen LogP contribution is -2.16. The number of alkyl halides is 3. The Morgan fingerprint density at radius 1 is 1.56 bits per heavy atom. The van der Waals surface area contributed by atoms with Crippen LogP contribution in [0.1, 0.15) is 0 Å². The fourth-order valence-corrected chi connectivity index (χ4v) is 1.01. The summed E-state index contributed by atoms with van der Waals surface area (Å²) in [7, 11) is 0. The molecule has 0 rings (SSSR count). The monoisotopic (exact) mass is 271 g/mol. The van der Waals surface area contributed by atoms with Crippen molar-refractivity contribution in [3.05, 3.63) is 0 Å². The Kier molecular flexibility index (Phi) is 3.63. The minimum absolute atomic E-state index is 1.77. The third kappa shape index (κ3) is 3.84. The van der Waals surface area contributed by atoms with Gasteiger partial charge in [0, 0.05) is 0 Å². The maximum absolute atomic E-state index is 11.2. The van der Waals surface area contributed by atoms with Gasteiger partial charge in [-0.2, -0.15) is 15.7 Å². The molecule has 0 aromatic rings. The van der Waals surface area contributed by atoms with Gasteiger partial charge in [-0.1, -0.05) is 0 Å². The molecule has 0 fully saturated rings. The largest absolute Gasteiger partial charge is 0.461 e. The minimum Gasteiger partial charge on any atom is -0.276 e. The molecule has 0 aliphatic heterocycles. The summed E-state index contributed by atoms with van der Waals surface area (Å²) in [6.07, 6.45) is -4.72. The van der Waals surface area contributed by atoms with Crippen LogP contribution in [-0.2, 0) is 4.79 Å². The number of halogens is 4. The summed E-state index contributed by atoms with van der Waals surface area (Å²) in [6, 6.07) is 0. The average molecular weight is 271 g/mol. The van der Waals surface area contributed by atoms with E-state index in [-0.39, 0.29) is 0 Å². The van der Waals surface area contributed by atoms with Crippen molar-refractivity contribution < 1.29 is 18.0 Å². The van der Waals surface area contributed by atoms with Crippen molar-refractivity contribution >= 4 is 37.6 Å². The van der Waals surface area contributed by atoms with Gasteiger partial charge in [-0.15, -0.1) is 0 Å². The van der Waals surface area contributed by atoms with Gasteiger partial charge in [0.05, 0.1) is 21.0 Å². The molecule has 0 aromatic heterocycles. The number of thiol groups is 1. The van der Waals surface area contributed by atoms with Crippen LogP contribution in [0.3, 0.4) is 0 Å². The van der Waals surface area contributed by atoms with Crippen LogP contribution >= 0.6 is 33.8 Å². The first kappa shape index (κ1) is 9.34. The normalized spacial score (nSPS) is 13.3. The maximum atomic E-state index is 11.2. The zero-order valence-electron chi connectivity index (χ0n) is 3.81. The molecule has 0 atom stereocenters. The van der Waals surface area contributed by atoms with Gasteiger partial charge in [-0.25, -0.2) is 0 Å². The molecule has 0 amide bonds. The molecule has 2 nitrogen and oxygen atoms in total.